The summed E-state index contributed by atoms with van der Waals surface area (Å²) in [5.74, 6) is -1.12. The quantitative estimate of drug-likeness (QED) is 0.874. The van der Waals surface area contributed by atoms with E-state index >= 15 is 0 Å². The first kappa shape index (κ1) is 13.8. The van der Waals surface area contributed by atoms with Gasteiger partial charge in [-0.1, -0.05) is 42.5 Å². The largest absolute Gasteiger partial charge is 0.478 e. The van der Waals surface area contributed by atoms with Crippen LogP contribution in [-0.4, -0.2) is 17.0 Å². The summed E-state index contributed by atoms with van der Waals surface area (Å²) in [6.07, 6.45) is 0.175. The second-order valence-corrected chi connectivity index (χ2v) is 4.44. The summed E-state index contributed by atoms with van der Waals surface area (Å²) in [6.45, 7) is 0.471. The van der Waals surface area contributed by atoms with Gasteiger partial charge in [-0.15, -0.1) is 0 Å². The van der Waals surface area contributed by atoms with Gasteiger partial charge in [0.15, 0.2) is 0 Å². The molecule has 0 saturated heterocycles. The molecule has 0 unspecified atom stereocenters. The Balaban J connectivity index is 1.91. The van der Waals surface area contributed by atoms with Gasteiger partial charge < -0.3 is 10.4 Å². The van der Waals surface area contributed by atoms with Crippen LogP contribution in [0.25, 0.3) is 0 Å². The molecule has 0 aliphatic heterocycles. The molecule has 0 heterocycles. The molecule has 0 aromatic heterocycles. The van der Waals surface area contributed by atoms with Crippen molar-refractivity contribution in [3.8, 4) is 0 Å². The lowest BCUT2D eigenvalue weighted by Gasteiger charge is -2.06. The number of aromatic carboxylic acids is 1. The fourth-order valence-electron chi connectivity index (χ4n) is 1.86. The number of rotatable bonds is 5. The number of hydrogen-bond donors (Lipinski definition) is 2. The highest BCUT2D eigenvalue weighted by Crippen LogP contribution is 2.06. The van der Waals surface area contributed by atoms with Crippen molar-refractivity contribution in [3.63, 3.8) is 0 Å². The van der Waals surface area contributed by atoms with Crippen molar-refractivity contribution in [2.45, 2.75) is 13.0 Å². The van der Waals surface area contributed by atoms with Crippen molar-refractivity contribution >= 4 is 11.9 Å². The molecule has 0 aliphatic rings. The SMILES string of the molecule is O=C(Cc1cccc(C(=O)O)c1)NCc1ccccc1. The van der Waals surface area contributed by atoms with Crippen LogP contribution >= 0.6 is 0 Å². The van der Waals surface area contributed by atoms with Gasteiger partial charge in [0.05, 0.1) is 12.0 Å². The minimum absolute atomic E-state index is 0.128. The molecule has 2 rings (SSSR count). The summed E-state index contributed by atoms with van der Waals surface area (Å²) in [7, 11) is 0. The van der Waals surface area contributed by atoms with E-state index in [2.05, 4.69) is 5.32 Å². The minimum atomic E-state index is -0.989. The molecule has 4 nitrogen and oxygen atoms in total. The van der Waals surface area contributed by atoms with E-state index in [-0.39, 0.29) is 17.9 Å². The van der Waals surface area contributed by atoms with Crippen molar-refractivity contribution in [1.29, 1.82) is 0 Å². The number of carbonyl (C=O) groups excluding carboxylic acids is 1. The van der Waals surface area contributed by atoms with Gasteiger partial charge in [0, 0.05) is 6.54 Å². The zero-order valence-electron chi connectivity index (χ0n) is 10.9. The Morgan fingerprint density at radius 1 is 0.950 bits per heavy atom. The van der Waals surface area contributed by atoms with Gasteiger partial charge in [-0.2, -0.15) is 0 Å². The molecule has 2 N–H and O–H groups in total. The van der Waals surface area contributed by atoms with Crippen molar-refractivity contribution < 1.29 is 14.7 Å². The van der Waals surface area contributed by atoms with Gasteiger partial charge in [0.2, 0.25) is 5.91 Å². The summed E-state index contributed by atoms with van der Waals surface area (Å²) < 4.78 is 0. The minimum Gasteiger partial charge on any atom is -0.478 e. The number of carboxylic acid groups (broad SMARTS) is 1. The molecule has 0 aliphatic carbocycles. The summed E-state index contributed by atoms with van der Waals surface area (Å²) >= 11 is 0. The average molecular weight is 269 g/mol. The van der Waals surface area contributed by atoms with Gasteiger partial charge >= 0.3 is 5.97 Å². The number of benzene rings is 2. The number of amides is 1. The lowest BCUT2D eigenvalue weighted by molar-refractivity contribution is -0.120. The second-order valence-electron chi connectivity index (χ2n) is 4.44. The van der Waals surface area contributed by atoms with E-state index in [1.807, 2.05) is 30.3 Å². The van der Waals surface area contributed by atoms with Crippen molar-refractivity contribution in [2.24, 2.45) is 0 Å². The number of carboxylic acids is 1. The van der Waals surface area contributed by atoms with Gasteiger partial charge in [0.1, 0.15) is 0 Å². The zero-order chi connectivity index (χ0) is 14.4. The molecule has 0 fully saturated rings. The second kappa shape index (κ2) is 6.52. The summed E-state index contributed by atoms with van der Waals surface area (Å²) in [5, 5.41) is 11.7. The lowest BCUT2D eigenvalue weighted by Crippen LogP contribution is -2.24. The first-order chi connectivity index (χ1) is 9.65. The smallest absolute Gasteiger partial charge is 0.335 e. The van der Waals surface area contributed by atoms with E-state index in [1.165, 1.54) is 12.1 Å². The van der Waals surface area contributed by atoms with Crippen LogP contribution in [0, 0.1) is 0 Å². The molecule has 2 aromatic carbocycles. The van der Waals surface area contributed by atoms with Crippen LogP contribution in [0.5, 0.6) is 0 Å². The molecule has 20 heavy (non-hydrogen) atoms. The third kappa shape index (κ3) is 3.95. The molecule has 0 spiro atoms. The van der Waals surface area contributed by atoms with Crippen LogP contribution in [0.2, 0.25) is 0 Å². The van der Waals surface area contributed by atoms with Crippen molar-refractivity contribution in [1.82, 2.24) is 5.32 Å². The molecule has 4 heteroatoms. The number of nitrogens with one attached hydrogen (secondary N) is 1. The molecule has 102 valence electrons. The van der Waals surface area contributed by atoms with E-state index in [9.17, 15) is 9.59 Å². The molecule has 1 amide bonds. The fourth-order valence-corrected chi connectivity index (χ4v) is 1.86. The maximum Gasteiger partial charge on any atom is 0.335 e. The first-order valence-corrected chi connectivity index (χ1v) is 6.28. The average Bonchev–Trinajstić information content (AvgIpc) is 2.46. The van der Waals surface area contributed by atoms with Crippen LogP contribution in [0.15, 0.2) is 54.6 Å². The highest BCUT2D eigenvalue weighted by Gasteiger charge is 2.07. The van der Waals surface area contributed by atoms with Gasteiger partial charge in [-0.25, -0.2) is 4.79 Å². The molecule has 0 radical (unpaired) electrons. The van der Waals surface area contributed by atoms with Crippen molar-refractivity contribution in [3.05, 3.63) is 71.3 Å². The van der Waals surface area contributed by atoms with Crippen LogP contribution in [0.1, 0.15) is 21.5 Å². The van der Waals surface area contributed by atoms with E-state index in [0.29, 0.717) is 12.1 Å². The zero-order valence-corrected chi connectivity index (χ0v) is 10.9. The van der Waals surface area contributed by atoms with E-state index in [0.717, 1.165) is 5.56 Å². The molecule has 0 atom stereocenters. The Morgan fingerprint density at radius 3 is 2.35 bits per heavy atom. The Bertz CT molecular complexity index is 608. The summed E-state index contributed by atoms with van der Waals surface area (Å²) in [5.41, 5.74) is 1.91. The normalized spacial score (nSPS) is 10.0. The molecule has 0 saturated carbocycles. The highest BCUT2D eigenvalue weighted by molar-refractivity contribution is 5.88. The van der Waals surface area contributed by atoms with Gasteiger partial charge in [0.25, 0.3) is 0 Å². The van der Waals surface area contributed by atoms with E-state index in [4.69, 9.17) is 5.11 Å². The molecular weight excluding hydrogens is 254 g/mol. The van der Waals surface area contributed by atoms with E-state index < -0.39 is 5.97 Å². The maximum absolute atomic E-state index is 11.8. The topological polar surface area (TPSA) is 66.4 Å². The summed E-state index contributed by atoms with van der Waals surface area (Å²) in [6, 6.07) is 16.0. The Labute approximate surface area is 117 Å². The monoisotopic (exact) mass is 269 g/mol. The van der Waals surface area contributed by atoms with Gasteiger partial charge in [-0.3, -0.25) is 4.79 Å². The summed E-state index contributed by atoms with van der Waals surface area (Å²) in [4.78, 5) is 22.7. The van der Waals surface area contributed by atoms with Crippen LogP contribution in [0.3, 0.4) is 0 Å². The molecular formula is C16H15NO3. The van der Waals surface area contributed by atoms with Crippen molar-refractivity contribution in [2.75, 3.05) is 0 Å². The maximum atomic E-state index is 11.8. The lowest BCUT2D eigenvalue weighted by atomic mass is 10.1. The number of hydrogen-bond acceptors (Lipinski definition) is 2. The standard InChI is InChI=1S/C16H15NO3/c18-15(17-11-12-5-2-1-3-6-12)10-13-7-4-8-14(9-13)16(19)20/h1-9H,10-11H2,(H,17,18)(H,19,20). The Hall–Kier alpha value is -2.62. The molecule has 2 aromatic rings. The molecule has 0 bridgehead atoms. The van der Waals surface area contributed by atoms with Crippen LogP contribution in [0.4, 0.5) is 0 Å². The van der Waals surface area contributed by atoms with Gasteiger partial charge in [-0.05, 0) is 23.3 Å². The predicted octanol–water partition coefficient (Wildman–Crippen LogP) is 2.24. The Kier molecular flexibility index (Phi) is 4.50. The first-order valence-electron chi connectivity index (χ1n) is 6.28. The van der Waals surface area contributed by atoms with Crippen LogP contribution in [-0.2, 0) is 17.8 Å². The highest BCUT2D eigenvalue weighted by atomic mass is 16.4. The number of carbonyl (C=O) groups is 2. The third-order valence-corrected chi connectivity index (χ3v) is 2.87. The van der Waals surface area contributed by atoms with Crippen LogP contribution < -0.4 is 5.32 Å². The third-order valence-electron chi connectivity index (χ3n) is 2.87. The predicted molar refractivity (Wildman–Crippen MR) is 75.4 cm³/mol. The Morgan fingerprint density at radius 2 is 1.65 bits per heavy atom. The fraction of sp³-hybridized carbons (Fsp3) is 0.125. The van der Waals surface area contributed by atoms with E-state index in [1.54, 1.807) is 12.1 Å².